The molecule has 0 spiro atoms. The summed E-state index contributed by atoms with van der Waals surface area (Å²) < 4.78 is 17.6. The standard InChI is InChI=1S/C20H21N3O4/c1-25-12-13-27-19-14-15(8-9-18(19)26-2)22-20(24)16-6-3-4-7-17(16)23-11-5-10-21-23/h3-11,14H,12-13H2,1-2H3,(H,22,24). The number of benzene rings is 2. The number of carbonyl (C=O) groups excluding carboxylic acids is 1. The number of hydrogen-bond acceptors (Lipinski definition) is 5. The van der Waals surface area contributed by atoms with Gasteiger partial charge < -0.3 is 19.5 Å². The number of nitrogens with zero attached hydrogens (tertiary/aromatic N) is 2. The van der Waals surface area contributed by atoms with Gasteiger partial charge in [-0.2, -0.15) is 5.10 Å². The zero-order chi connectivity index (χ0) is 19.1. The lowest BCUT2D eigenvalue weighted by Crippen LogP contribution is -2.15. The summed E-state index contributed by atoms with van der Waals surface area (Å²) in [4.78, 5) is 12.8. The summed E-state index contributed by atoms with van der Waals surface area (Å²) in [6.45, 7) is 0.837. The molecule has 7 nitrogen and oxygen atoms in total. The number of para-hydroxylation sites is 1. The Kier molecular flexibility index (Phi) is 6.06. The van der Waals surface area contributed by atoms with E-state index in [2.05, 4.69) is 10.4 Å². The number of amides is 1. The van der Waals surface area contributed by atoms with Gasteiger partial charge in [-0.05, 0) is 30.3 Å². The normalized spacial score (nSPS) is 10.4. The van der Waals surface area contributed by atoms with Crippen LogP contribution in [0.4, 0.5) is 5.69 Å². The molecule has 7 heteroatoms. The molecule has 0 aliphatic rings. The highest BCUT2D eigenvalue weighted by atomic mass is 16.5. The van der Waals surface area contributed by atoms with Crippen LogP contribution in [-0.4, -0.2) is 43.1 Å². The average molecular weight is 367 g/mol. The van der Waals surface area contributed by atoms with Gasteiger partial charge in [0.05, 0.1) is 25.0 Å². The first kappa shape index (κ1) is 18.5. The number of nitrogens with one attached hydrogen (secondary N) is 1. The lowest BCUT2D eigenvalue weighted by atomic mass is 10.1. The molecule has 27 heavy (non-hydrogen) atoms. The summed E-state index contributed by atoms with van der Waals surface area (Å²) in [6, 6.07) is 14.3. The van der Waals surface area contributed by atoms with Crippen molar-refractivity contribution in [2.45, 2.75) is 0 Å². The molecule has 3 rings (SSSR count). The second-order valence-corrected chi connectivity index (χ2v) is 5.63. The molecule has 0 radical (unpaired) electrons. The Morgan fingerprint density at radius 2 is 1.93 bits per heavy atom. The van der Waals surface area contributed by atoms with E-state index in [4.69, 9.17) is 14.2 Å². The molecule has 0 saturated heterocycles. The van der Waals surface area contributed by atoms with Gasteiger partial charge >= 0.3 is 0 Å². The first-order valence-electron chi connectivity index (χ1n) is 8.43. The number of aromatic nitrogens is 2. The van der Waals surface area contributed by atoms with E-state index < -0.39 is 0 Å². The SMILES string of the molecule is COCCOc1cc(NC(=O)c2ccccc2-n2cccn2)ccc1OC. The van der Waals surface area contributed by atoms with Crippen molar-refractivity contribution in [2.24, 2.45) is 0 Å². The fraction of sp³-hybridized carbons (Fsp3) is 0.200. The van der Waals surface area contributed by atoms with E-state index in [1.807, 2.05) is 24.3 Å². The van der Waals surface area contributed by atoms with Crippen molar-refractivity contribution in [1.29, 1.82) is 0 Å². The maximum absolute atomic E-state index is 12.8. The van der Waals surface area contributed by atoms with Gasteiger partial charge in [0, 0.05) is 31.3 Å². The van der Waals surface area contributed by atoms with Crippen molar-refractivity contribution < 1.29 is 19.0 Å². The van der Waals surface area contributed by atoms with E-state index >= 15 is 0 Å². The molecule has 0 fully saturated rings. The van der Waals surface area contributed by atoms with Crippen LogP contribution in [0.3, 0.4) is 0 Å². The molecule has 2 aromatic carbocycles. The molecule has 0 aliphatic carbocycles. The van der Waals surface area contributed by atoms with Gasteiger partial charge in [0.2, 0.25) is 0 Å². The largest absolute Gasteiger partial charge is 0.493 e. The number of rotatable bonds is 8. The van der Waals surface area contributed by atoms with Gasteiger partial charge in [0.15, 0.2) is 11.5 Å². The van der Waals surface area contributed by atoms with E-state index in [1.54, 1.807) is 55.6 Å². The van der Waals surface area contributed by atoms with Gasteiger partial charge in [-0.1, -0.05) is 12.1 Å². The summed E-state index contributed by atoms with van der Waals surface area (Å²) in [6.07, 6.45) is 3.46. The van der Waals surface area contributed by atoms with Gasteiger partial charge in [0.1, 0.15) is 6.61 Å². The lowest BCUT2D eigenvalue weighted by molar-refractivity contribution is 0.102. The number of carbonyl (C=O) groups is 1. The van der Waals surface area contributed by atoms with Crippen molar-refractivity contribution in [1.82, 2.24) is 9.78 Å². The van der Waals surface area contributed by atoms with Gasteiger partial charge in [-0.15, -0.1) is 0 Å². The molecule has 0 atom stereocenters. The summed E-state index contributed by atoms with van der Waals surface area (Å²) in [7, 11) is 3.17. The Balaban J connectivity index is 1.81. The maximum Gasteiger partial charge on any atom is 0.257 e. The minimum Gasteiger partial charge on any atom is -0.493 e. The molecule has 1 heterocycles. The van der Waals surface area contributed by atoms with Crippen LogP contribution in [0.15, 0.2) is 60.9 Å². The zero-order valence-electron chi connectivity index (χ0n) is 15.2. The zero-order valence-corrected chi connectivity index (χ0v) is 15.2. The van der Waals surface area contributed by atoms with Crippen LogP contribution < -0.4 is 14.8 Å². The third-order valence-electron chi connectivity index (χ3n) is 3.87. The van der Waals surface area contributed by atoms with Crippen LogP contribution in [0.25, 0.3) is 5.69 Å². The molecule has 0 bridgehead atoms. The number of hydrogen-bond donors (Lipinski definition) is 1. The maximum atomic E-state index is 12.8. The molecule has 1 aromatic heterocycles. The minimum atomic E-state index is -0.242. The van der Waals surface area contributed by atoms with Gasteiger partial charge in [0.25, 0.3) is 5.91 Å². The second-order valence-electron chi connectivity index (χ2n) is 5.63. The van der Waals surface area contributed by atoms with Crippen LogP contribution in [0, 0.1) is 0 Å². The Morgan fingerprint density at radius 1 is 1.07 bits per heavy atom. The molecule has 1 N–H and O–H groups in total. The van der Waals surface area contributed by atoms with Gasteiger partial charge in [-0.3, -0.25) is 4.79 Å². The van der Waals surface area contributed by atoms with Crippen molar-refractivity contribution in [3.05, 3.63) is 66.5 Å². The van der Waals surface area contributed by atoms with Crippen LogP contribution >= 0.6 is 0 Å². The third kappa shape index (κ3) is 4.45. The summed E-state index contributed by atoms with van der Waals surface area (Å²) in [5.41, 5.74) is 1.81. The Hall–Kier alpha value is -3.32. The average Bonchev–Trinajstić information content (AvgIpc) is 3.23. The molecule has 0 saturated carbocycles. The molecular formula is C20H21N3O4. The number of ether oxygens (including phenoxy) is 3. The molecule has 140 valence electrons. The molecule has 0 unspecified atom stereocenters. The van der Waals surface area contributed by atoms with Crippen LogP contribution in [0.1, 0.15) is 10.4 Å². The van der Waals surface area contributed by atoms with Crippen LogP contribution in [-0.2, 0) is 4.74 Å². The van der Waals surface area contributed by atoms with Crippen molar-refractivity contribution in [2.75, 3.05) is 32.8 Å². The van der Waals surface area contributed by atoms with E-state index in [9.17, 15) is 4.79 Å². The first-order chi connectivity index (χ1) is 13.2. The lowest BCUT2D eigenvalue weighted by Gasteiger charge is -2.14. The Morgan fingerprint density at radius 3 is 2.67 bits per heavy atom. The van der Waals surface area contributed by atoms with Crippen LogP contribution in [0.2, 0.25) is 0 Å². The summed E-state index contributed by atoms with van der Waals surface area (Å²) >= 11 is 0. The number of methoxy groups -OCH3 is 2. The summed E-state index contributed by atoms with van der Waals surface area (Å²) in [5, 5.41) is 7.10. The summed E-state index contributed by atoms with van der Waals surface area (Å²) in [5.74, 6) is 0.878. The first-order valence-corrected chi connectivity index (χ1v) is 8.43. The monoisotopic (exact) mass is 367 g/mol. The highest BCUT2D eigenvalue weighted by molar-refractivity contribution is 6.06. The molecular weight excluding hydrogens is 346 g/mol. The van der Waals surface area contributed by atoms with E-state index in [0.29, 0.717) is 41.7 Å². The van der Waals surface area contributed by atoms with Crippen molar-refractivity contribution in [3.63, 3.8) is 0 Å². The molecule has 3 aromatic rings. The molecule has 1 amide bonds. The number of anilines is 1. The fourth-order valence-electron chi connectivity index (χ4n) is 2.58. The second kappa shape index (κ2) is 8.86. The predicted octanol–water partition coefficient (Wildman–Crippen LogP) is 3.16. The van der Waals surface area contributed by atoms with Crippen molar-refractivity contribution in [3.8, 4) is 17.2 Å². The smallest absolute Gasteiger partial charge is 0.257 e. The Labute approximate surface area is 157 Å². The quantitative estimate of drug-likeness (QED) is 0.619. The minimum absolute atomic E-state index is 0.242. The highest BCUT2D eigenvalue weighted by Gasteiger charge is 2.14. The fourth-order valence-corrected chi connectivity index (χ4v) is 2.58. The Bertz CT molecular complexity index is 894. The third-order valence-corrected chi connectivity index (χ3v) is 3.87. The van der Waals surface area contributed by atoms with E-state index in [-0.39, 0.29) is 5.91 Å². The van der Waals surface area contributed by atoms with E-state index in [1.165, 1.54) is 0 Å². The van der Waals surface area contributed by atoms with Gasteiger partial charge in [-0.25, -0.2) is 4.68 Å². The topological polar surface area (TPSA) is 74.6 Å². The molecule has 0 aliphatic heterocycles. The highest BCUT2D eigenvalue weighted by Crippen LogP contribution is 2.30. The van der Waals surface area contributed by atoms with Crippen LogP contribution in [0.5, 0.6) is 11.5 Å². The van der Waals surface area contributed by atoms with Crippen molar-refractivity contribution >= 4 is 11.6 Å². The predicted molar refractivity (Wildman–Crippen MR) is 102 cm³/mol. The van der Waals surface area contributed by atoms with E-state index in [0.717, 1.165) is 0 Å².